The van der Waals surface area contributed by atoms with Crippen LogP contribution in [0.1, 0.15) is 38.0 Å². The second-order valence-electron chi connectivity index (χ2n) is 4.35. The Morgan fingerprint density at radius 2 is 1.68 bits per heavy atom. The average Bonchev–Trinajstić information content (AvgIpc) is 2.55. The Hall–Kier alpha value is -2.95. The Bertz CT molecular complexity index is 706. The number of carbonyl (C=O) groups is 3. The molecule has 0 spiro atoms. The summed E-state index contributed by atoms with van der Waals surface area (Å²) in [5.41, 5.74) is 0.739. The van der Waals surface area contributed by atoms with Gasteiger partial charge in [0.05, 0.1) is 23.3 Å². The van der Waals surface area contributed by atoms with Gasteiger partial charge in [0.25, 0.3) is 0 Å². The molecule has 2 rings (SSSR count). The highest BCUT2D eigenvalue weighted by Gasteiger charge is 2.14. The summed E-state index contributed by atoms with van der Waals surface area (Å²) in [6.07, 6.45) is 0.609. The zero-order valence-electron chi connectivity index (χ0n) is 11.9. The molecule has 2 aromatic rings. The van der Waals surface area contributed by atoms with Crippen LogP contribution in [0.15, 0.2) is 48.5 Å². The van der Waals surface area contributed by atoms with Crippen molar-refractivity contribution in [2.45, 2.75) is 6.92 Å². The smallest absolute Gasteiger partial charge is 0.343 e. The monoisotopic (exact) mass is 298 g/mol. The second-order valence-corrected chi connectivity index (χ2v) is 4.35. The van der Waals surface area contributed by atoms with Crippen LogP contribution >= 0.6 is 0 Å². The summed E-state index contributed by atoms with van der Waals surface area (Å²) < 4.78 is 10.1. The molecule has 0 unspecified atom stereocenters. The molecule has 0 aliphatic carbocycles. The summed E-state index contributed by atoms with van der Waals surface area (Å²) in [6, 6.07) is 12.4. The van der Waals surface area contributed by atoms with Gasteiger partial charge in [-0.15, -0.1) is 0 Å². The molecule has 0 heterocycles. The molecule has 5 heteroatoms. The Kier molecular flexibility index (Phi) is 5.03. The molecule has 0 aliphatic rings. The van der Waals surface area contributed by atoms with Crippen LogP contribution in [-0.4, -0.2) is 24.8 Å². The molecule has 0 N–H and O–H groups in total. The van der Waals surface area contributed by atoms with Gasteiger partial charge in [-0.25, -0.2) is 9.59 Å². The highest BCUT2D eigenvalue weighted by Crippen LogP contribution is 2.18. The normalized spacial score (nSPS) is 9.86. The number of esters is 2. The van der Waals surface area contributed by atoms with Crippen molar-refractivity contribution >= 4 is 18.2 Å². The number of carbonyl (C=O) groups excluding carboxylic acids is 3. The SMILES string of the molecule is CCOC(=O)c1cccc(C(=O)Oc2ccccc2C=O)c1. The maximum absolute atomic E-state index is 12.1. The molecule has 0 aromatic heterocycles. The van der Waals surface area contributed by atoms with Gasteiger partial charge < -0.3 is 9.47 Å². The first kappa shape index (κ1) is 15.4. The molecule has 0 saturated heterocycles. The lowest BCUT2D eigenvalue weighted by molar-refractivity contribution is 0.0526. The molecule has 0 bridgehead atoms. The predicted molar refractivity (Wildman–Crippen MR) is 79.2 cm³/mol. The summed E-state index contributed by atoms with van der Waals surface area (Å²) in [5.74, 6) is -0.991. The van der Waals surface area contributed by atoms with Crippen molar-refractivity contribution in [3.8, 4) is 5.75 Å². The summed E-state index contributed by atoms with van der Waals surface area (Å²) in [6.45, 7) is 1.95. The van der Waals surface area contributed by atoms with Crippen LogP contribution in [0, 0.1) is 0 Å². The van der Waals surface area contributed by atoms with Crippen molar-refractivity contribution < 1.29 is 23.9 Å². The minimum absolute atomic E-state index is 0.170. The van der Waals surface area contributed by atoms with Gasteiger partial charge in [-0.3, -0.25) is 4.79 Å². The molecule has 0 aliphatic heterocycles. The maximum Gasteiger partial charge on any atom is 0.343 e. The van der Waals surface area contributed by atoms with Crippen LogP contribution in [0.2, 0.25) is 0 Å². The van der Waals surface area contributed by atoms with E-state index in [1.807, 2.05) is 0 Å². The zero-order chi connectivity index (χ0) is 15.9. The minimum Gasteiger partial charge on any atom is -0.462 e. The number of hydrogen-bond donors (Lipinski definition) is 0. The van der Waals surface area contributed by atoms with Gasteiger partial charge in [0.15, 0.2) is 6.29 Å². The van der Waals surface area contributed by atoms with E-state index in [0.29, 0.717) is 6.29 Å². The highest BCUT2D eigenvalue weighted by molar-refractivity contribution is 5.96. The molecule has 5 nitrogen and oxygen atoms in total. The van der Waals surface area contributed by atoms with E-state index in [-0.39, 0.29) is 29.0 Å². The lowest BCUT2D eigenvalue weighted by Gasteiger charge is -2.07. The molecule has 22 heavy (non-hydrogen) atoms. The van der Waals surface area contributed by atoms with Crippen molar-refractivity contribution in [1.29, 1.82) is 0 Å². The first-order valence-corrected chi connectivity index (χ1v) is 6.69. The largest absolute Gasteiger partial charge is 0.462 e. The molecule has 0 radical (unpaired) electrons. The third-order valence-electron chi connectivity index (χ3n) is 2.86. The molecule has 0 saturated carbocycles. The van der Waals surface area contributed by atoms with Crippen LogP contribution in [0.5, 0.6) is 5.75 Å². The third-order valence-corrected chi connectivity index (χ3v) is 2.86. The number of aldehydes is 1. The number of ether oxygens (including phenoxy) is 2. The molecule has 0 amide bonds. The Morgan fingerprint density at radius 1 is 1.00 bits per heavy atom. The topological polar surface area (TPSA) is 69.7 Å². The second kappa shape index (κ2) is 7.17. The quantitative estimate of drug-likeness (QED) is 0.482. The van der Waals surface area contributed by atoms with E-state index < -0.39 is 11.9 Å². The van der Waals surface area contributed by atoms with E-state index >= 15 is 0 Å². The van der Waals surface area contributed by atoms with Gasteiger partial charge in [-0.1, -0.05) is 18.2 Å². The Labute approximate surface area is 127 Å². The number of benzene rings is 2. The fraction of sp³-hybridized carbons (Fsp3) is 0.118. The standard InChI is InChI=1S/C17H14O5/c1-2-21-16(19)12-7-5-8-13(10-12)17(20)22-15-9-4-3-6-14(15)11-18/h3-11H,2H2,1H3. The van der Waals surface area contributed by atoms with Gasteiger partial charge in [-0.05, 0) is 37.3 Å². The summed E-state index contributed by atoms with van der Waals surface area (Å²) in [7, 11) is 0. The Morgan fingerprint density at radius 3 is 2.36 bits per heavy atom. The summed E-state index contributed by atoms with van der Waals surface area (Å²) >= 11 is 0. The lowest BCUT2D eigenvalue weighted by Crippen LogP contribution is -2.12. The van der Waals surface area contributed by atoms with Crippen molar-refractivity contribution in [2.75, 3.05) is 6.61 Å². The van der Waals surface area contributed by atoms with Crippen molar-refractivity contribution in [3.63, 3.8) is 0 Å². The first-order chi connectivity index (χ1) is 10.7. The van der Waals surface area contributed by atoms with Crippen molar-refractivity contribution in [1.82, 2.24) is 0 Å². The van der Waals surface area contributed by atoms with Crippen LogP contribution in [0.3, 0.4) is 0 Å². The summed E-state index contributed by atoms with van der Waals surface area (Å²) in [5, 5.41) is 0. The predicted octanol–water partition coefficient (Wildman–Crippen LogP) is 2.90. The molecule has 0 fully saturated rings. The van der Waals surface area contributed by atoms with Crippen LogP contribution in [0.4, 0.5) is 0 Å². The number of hydrogen-bond acceptors (Lipinski definition) is 5. The van der Waals surface area contributed by atoms with Crippen LogP contribution in [-0.2, 0) is 4.74 Å². The summed E-state index contributed by atoms with van der Waals surface area (Å²) in [4.78, 5) is 34.7. The molecule has 2 aromatic carbocycles. The first-order valence-electron chi connectivity index (χ1n) is 6.69. The fourth-order valence-electron chi connectivity index (χ4n) is 1.82. The molecular formula is C17H14O5. The average molecular weight is 298 g/mol. The van der Waals surface area contributed by atoms with E-state index in [0.717, 1.165) is 0 Å². The van der Waals surface area contributed by atoms with Crippen molar-refractivity contribution in [2.24, 2.45) is 0 Å². The van der Waals surface area contributed by atoms with E-state index in [9.17, 15) is 14.4 Å². The maximum atomic E-state index is 12.1. The van der Waals surface area contributed by atoms with Crippen LogP contribution < -0.4 is 4.74 Å². The van der Waals surface area contributed by atoms with Gasteiger partial charge in [-0.2, -0.15) is 0 Å². The van der Waals surface area contributed by atoms with Crippen molar-refractivity contribution in [3.05, 3.63) is 65.2 Å². The zero-order valence-corrected chi connectivity index (χ0v) is 11.9. The third kappa shape index (κ3) is 3.58. The van der Waals surface area contributed by atoms with Gasteiger partial charge >= 0.3 is 11.9 Å². The minimum atomic E-state index is -0.652. The lowest BCUT2D eigenvalue weighted by atomic mass is 10.1. The molecule has 112 valence electrons. The van der Waals surface area contributed by atoms with Gasteiger partial charge in [0.1, 0.15) is 5.75 Å². The fourth-order valence-corrected chi connectivity index (χ4v) is 1.82. The van der Waals surface area contributed by atoms with Crippen LogP contribution in [0.25, 0.3) is 0 Å². The van der Waals surface area contributed by atoms with E-state index in [1.54, 1.807) is 37.3 Å². The van der Waals surface area contributed by atoms with Gasteiger partial charge in [0.2, 0.25) is 0 Å². The van der Waals surface area contributed by atoms with Gasteiger partial charge in [0, 0.05) is 0 Å². The number of rotatable bonds is 5. The Balaban J connectivity index is 2.21. The molecule has 0 atom stereocenters. The highest BCUT2D eigenvalue weighted by atomic mass is 16.5. The number of para-hydroxylation sites is 1. The van der Waals surface area contributed by atoms with E-state index in [4.69, 9.17) is 9.47 Å². The molecular weight excluding hydrogens is 284 g/mol. The van der Waals surface area contributed by atoms with E-state index in [1.165, 1.54) is 18.2 Å². The van der Waals surface area contributed by atoms with E-state index in [2.05, 4.69) is 0 Å².